The van der Waals surface area contributed by atoms with Crippen molar-refractivity contribution in [2.24, 2.45) is 0 Å². The zero-order valence-corrected chi connectivity index (χ0v) is 14.0. The van der Waals surface area contributed by atoms with Gasteiger partial charge in [0.05, 0.1) is 12.1 Å². The lowest BCUT2D eigenvalue weighted by Crippen LogP contribution is -2.42. The summed E-state index contributed by atoms with van der Waals surface area (Å²) in [4.78, 5) is 0. The molecule has 0 spiro atoms. The fourth-order valence-electron chi connectivity index (χ4n) is 3.90. The fourth-order valence-corrected chi connectivity index (χ4v) is 3.90. The molecule has 1 aromatic carbocycles. The normalized spacial score (nSPS) is 21.3. The number of hydroxylamine groups is 2. The zero-order chi connectivity index (χ0) is 16.1. The molecule has 3 nitrogen and oxygen atoms in total. The van der Waals surface area contributed by atoms with E-state index in [0.717, 1.165) is 31.2 Å². The summed E-state index contributed by atoms with van der Waals surface area (Å²) in [6.45, 7) is 0.821. The molecule has 0 heterocycles. The SMILES string of the molecule is ON(Cc1ccc(C2=CCCCC2)cc1)CC1(O)CCCCC1. The van der Waals surface area contributed by atoms with Crippen molar-refractivity contribution in [3.63, 3.8) is 0 Å². The molecular formula is C20H29NO2. The summed E-state index contributed by atoms with van der Waals surface area (Å²) in [6, 6.07) is 8.52. The fraction of sp³-hybridized carbons (Fsp3) is 0.600. The van der Waals surface area contributed by atoms with Gasteiger partial charge in [-0.15, -0.1) is 0 Å². The molecule has 0 amide bonds. The standard InChI is InChI=1S/C20H29NO2/c22-20(13-5-2-6-14-20)16-21(23)15-17-9-11-19(12-10-17)18-7-3-1-4-8-18/h7,9-12,22-23H,1-6,8,13-16H2. The smallest absolute Gasteiger partial charge is 0.0797 e. The van der Waals surface area contributed by atoms with E-state index in [-0.39, 0.29) is 0 Å². The van der Waals surface area contributed by atoms with Crippen molar-refractivity contribution in [2.45, 2.75) is 69.9 Å². The van der Waals surface area contributed by atoms with Crippen LogP contribution in [0, 0.1) is 0 Å². The quantitative estimate of drug-likeness (QED) is 0.785. The molecule has 0 unspecified atom stereocenters. The van der Waals surface area contributed by atoms with Gasteiger partial charge >= 0.3 is 0 Å². The Morgan fingerprint density at radius 2 is 1.70 bits per heavy atom. The van der Waals surface area contributed by atoms with Crippen molar-refractivity contribution in [1.82, 2.24) is 5.06 Å². The number of hydrogen-bond acceptors (Lipinski definition) is 3. The molecule has 1 fully saturated rings. The topological polar surface area (TPSA) is 43.7 Å². The summed E-state index contributed by atoms with van der Waals surface area (Å²) in [6.07, 6.45) is 12.3. The van der Waals surface area contributed by atoms with E-state index >= 15 is 0 Å². The molecule has 1 saturated carbocycles. The van der Waals surface area contributed by atoms with Crippen LogP contribution in [-0.2, 0) is 6.54 Å². The lowest BCUT2D eigenvalue weighted by atomic mass is 9.85. The van der Waals surface area contributed by atoms with E-state index in [1.54, 1.807) is 0 Å². The summed E-state index contributed by atoms with van der Waals surface area (Å²) >= 11 is 0. The van der Waals surface area contributed by atoms with E-state index in [4.69, 9.17) is 0 Å². The van der Waals surface area contributed by atoms with Crippen LogP contribution in [0.25, 0.3) is 5.57 Å². The third-order valence-electron chi connectivity index (χ3n) is 5.24. The molecule has 0 bridgehead atoms. The lowest BCUT2D eigenvalue weighted by Gasteiger charge is -2.34. The molecule has 1 aromatic rings. The predicted octanol–water partition coefficient (Wildman–Crippen LogP) is 4.53. The van der Waals surface area contributed by atoms with E-state index in [2.05, 4.69) is 30.3 Å². The molecular weight excluding hydrogens is 286 g/mol. The first kappa shape index (κ1) is 16.7. The average molecular weight is 315 g/mol. The molecule has 0 atom stereocenters. The number of hydrogen-bond donors (Lipinski definition) is 2. The maximum atomic E-state index is 10.5. The highest BCUT2D eigenvalue weighted by Crippen LogP contribution is 2.29. The van der Waals surface area contributed by atoms with Crippen LogP contribution in [0.2, 0.25) is 0 Å². The Hall–Kier alpha value is -1.16. The molecule has 3 rings (SSSR count). The second-order valence-corrected chi connectivity index (χ2v) is 7.28. The Bertz CT molecular complexity index is 529. The molecule has 126 valence electrons. The Labute approximate surface area is 139 Å². The van der Waals surface area contributed by atoms with Gasteiger partial charge in [-0.25, -0.2) is 0 Å². The van der Waals surface area contributed by atoms with Crippen molar-refractivity contribution < 1.29 is 10.3 Å². The first-order valence-electron chi connectivity index (χ1n) is 9.09. The summed E-state index contributed by atoms with van der Waals surface area (Å²) in [5.74, 6) is 0. The van der Waals surface area contributed by atoms with Crippen LogP contribution in [-0.4, -0.2) is 27.5 Å². The highest BCUT2D eigenvalue weighted by atomic mass is 16.5. The monoisotopic (exact) mass is 315 g/mol. The van der Waals surface area contributed by atoms with Crippen LogP contribution >= 0.6 is 0 Å². The van der Waals surface area contributed by atoms with Crippen LogP contribution in [0.4, 0.5) is 0 Å². The molecule has 0 aliphatic heterocycles. The molecule has 2 N–H and O–H groups in total. The molecule has 2 aliphatic carbocycles. The van der Waals surface area contributed by atoms with Gasteiger partial charge in [0.15, 0.2) is 0 Å². The maximum Gasteiger partial charge on any atom is 0.0797 e. The third-order valence-corrected chi connectivity index (χ3v) is 5.24. The molecule has 0 aromatic heterocycles. The Balaban J connectivity index is 1.56. The number of benzene rings is 1. The van der Waals surface area contributed by atoms with E-state index in [1.807, 2.05) is 0 Å². The van der Waals surface area contributed by atoms with Gasteiger partial charge in [-0.2, -0.15) is 5.06 Å². The highest BCUT2D eigenvalue weighted by molar-refractivity contribution is 5.66. The predicted molar refractivity (Wildman–Crippen MR) is 93.1 cm³/mol. The average Bonchev–Trinajstić information content (AvgIpc) is 2.56. The Morgan fingerprint density at radius 3 is 2.35 bits per heavy atom. The second-order valence-electron chi connectivity index (χ2n) is 7.28. The number of nitrogens with zero attached hydrogens (tertiary/aromatic N) is 1. The van der Waals surface area contributed by atoms with E-state index in [0.29, 0.717) is 13.1 Å². The van der Waals surface area contributed by atoms with Gasteiger partial charge in [0.25, 0.3) is 0 Å². The summed E-state index contributed by atoms with van der Waals surface area (Å²) in [5, 5.41) is 22.0. The van der Waals surface area contributed by atoms with Gasteiger partial charge in [-0.05, 0) is 55.2 Å². The molecule has 0 saturated heterocycles. The number of aliphatic hydroxyl groups is 1. The van der Waals surface area contributed by atoms with Crippen molar-refractivity contribution in [3.8, 4) is 0 Å². The van der Waals surface area contributed by atoms with Gasteiger partial charge < -0.3 is 10.3 Å². The summed E-state index contributed by atoms with van der Waals surface area (Å²) < 4.78 is 0. The maximum absolute atomic E-state index is 10.5. The Morgan fingerprint density at radius 1 is 0.957 bits per heavy atom. The highest BCUT2D eigenvalue weighted by Gasteiger charge is 2.31. The molecule has 2 aliphatic rings. The largest absolute Gasteiger partial charge is 0.388 e. The molecule has 23 heavy (non-hydrogen) atoms. The van der Waals surface area contributed by atoms with Crippen LogP contribution in [0.5, 0.6) is 0 Å². The van der Waals surface area contributed by atoms with Crippen LogP contribution in [0.15, 0.2) is 30.3 Å². The minimum atomic E-state index is -0.708. The number of allylic oxidation sites excluding steroid dienone is 2. The molecule has 3 heteroatoms. The van der Waals surface area contributed by atoms with Crippen molar-refractivity contribution in [2.75, 3.05) is 6.54 Å². The van der Waals surface area contributed by atoms with Crippen LogP contribution in [0.1, 0.15) is 68.9 Å². The summed E-state index contributed by atoms with van der Waals surface area (Å²) in [7, 11) is 0. The first-order chi connectivity index (χ1) is 11.1. The Kier molecular flexibility index (Phi) is 5.52. The van der Waals surface area contributed by atoms with E-state index < -0.39 is 5.60 Å². The van der Waals surface area contributed by atoms with Crippen molar-refractivity contribution in [3.05, 3.63) is 41.5 Å². The molecule has 0 radical (unpaired) electrons. The van der Waals surface area contributed by atoms with E-state index in [1.165, 1.54) is 48.3 Å². The van der Waals surface area contributed by atoms with Gasteiger partial charge in [0.2, 0.25) is 0 Å². The van der Waals surface area contributed by atoms with Crippen LogP contribution in [0.3, 0.4) is 0 Å². The van der Waals surface area contributed by atoms with E-state index in [9.17, 15) is 10.3 Å². The van der Waals surface area contributed by atoms with Gasteiger partial charge in [-0.3, -0.25) is 0 Å². The lowest BCUT2D eigenvalue weighted by molar-refractivity contribution is -0.154. The first-order valence-corrected chi connectivity index (χ1v) is 9.09. The van der Waals surface area contributed by atoms with Gasteiger partial charge in [0.1, 0.15) is 0 Å². The van der Waals surface area contributed by atoms with Crippen LogP contribution < -0.4 is 0 Å². The van der Waals surface area contributed by atoms with Crippen molar-refractivity contribution in [1.29, 1.82) is 0 Å². The minimum absolute atomic E-state index is 0.347. The minimum Gasteiger partial charge on any atom is -0.388 e. The van der Waals surface area contributed by atoms with Crippen molar-refractivity contribution >= 4 is 5.57 Å². The zero-order valence-electron chi connectivity index (χ0n) is 14.0. The summed E-state index contributed by atoms with van der Waals surface area (Å²) in [5.41, 5.74) is 3.15. The second kappa shape index (κ2) is 7.61. The van der Waals surface area contributed by atoms with Gasteiger partial charge in [0, 0.05) is 6.54 Å². The number of rotatable bonds is 5. The third kappa shape index (κ3) is 4.66. The van der Waals surface area contributed by atoms with Gasteiger partial charge in [-0.1, -0.05) is 49.6 Å².